The first-order chi connectivity index (χ1) is 12.4. The first kappa shape index (κ1) is 19.2. The fraction of sp³-hybridized carbons (Fsp3) is 1.00. The Labute approximate surface area is 160 Å². The van der Waals surface area contributed by atoms with E-state index in [0.29, 0.717) is 18.1 Å². The van der Waals surface area contributed by atoms with Gasteiger partial charge >= 0.3 is 0 Å². The summed E-state index contributed by atoms with van der Waals surface area (Å²) >= 11 is 0. The Morgan fingerprint density at radius 3 is 2.54 bits per heavy atom. The third-order valence-electron chi connectivity index (χ3n) is 9.58. The molecule has 0 saturated heterocycles. The molecule has 4 rings (SSSR count). The minimum atomic E-state index is -0.557. The normalized spacial score (nSPS) is 52.0. The van der Waals surface area contributed by atoms with E-state index in [4.69, 9.17) is 10.5 Å². The maximum Gasteiger partial charge on any atom is 0.0882 e. The number of methoxy groups -OCH3 is 1. The van der Waals surface area contributed by atoms with E-state index < -0.39 is 5.60 Å². The molecule has 4 fully saturated rings. The maximum absolute atomic E-state index is 10.9. The molecule has 0 aromatic rings. The summed E-state index contributed by atoms with van der Waals surface area (Å²) in [5.41, 5.74) is 6.50. The molecule has 9 atom stereocenters. The monoisotopic (exact) mass is 363 g/mol. The lowest BCUT2D eigenvalue weighted by Gasteiger charge is -2.57. The van der Waals surface area contributed by atoms with Gasteiger partial charge in [0.1, 0.15) is 0 Å². The molecule has 0 aromatic carbocycles. The highest BCUT2D eigenvalue weighted by atomic mass is 16.5. The van der Waals surface area contributed by atoms with Crippen LogP contribution in [0.25, 0.3) is 0 Å². The SMILES string of the molecule is CC[C@@H](N)[C@H]1CC[C@H]2[C@@H]3CC[C@@H]4C[C@@](O)(COC)CC[C@@H]4[C@H]3CC[C@]12C. The zero-order chi connectivity index (χ0) is 18.5. The molecule has 4 aliphatic carbocycles. The third-order valence-corrected chi connectivity index (χ3v) is 9.58. The molecular formula is C23H41NO2. The molecule has 0 aromatic heterocycles. The first-order valence-corrected chi connectivity index (χ1v) is 11.4. The number of fused-ring (bicyclic) bond motifs is 5. The molecule has 4 saturated carbocycles. The van der Waals surface area contributed by atoms with Crippen LogP contribution in [0.4, 0.5) is 0 Å². The van der Waals surface area contributed by atoms with Gasteiger partial charge in [-0.05, 0) is 105 Å². The molecule has 0 spiro atoms. The predicted octanol–water partition coefficient (Wildman–Crippen LogP) is 4.37. The van der Waals surface area contributed by atoms with Gasteiger partial charge in [-0.15, -0.1) is 0 Å². The zero-order valence-corrected chi connectivity index (χ0v) is 17.3. The van der Waals surface area contributed by atoms with Crippen molar-refractivity contribution in [1.82, 2.24) is 0 Å². The van der Waals surface area contributed by atoms with Crippen molar-refractivity contribution in [3.05, 3.63) is 0 Å². The molecule has 0 amide bonds. The number of hydrogen-bond acceptors (Lipinski definition) is 3. The maximum atomic E-state index is 10.9. The predicted molar refractivity (Wildman–Crippen MR) is 106 cm³/mol. The summed E-state index contributed by atoms with van der Waals surface area (Å²) in [7, 11) is 1.72. The molecule has 26 heavy (non-hydrogen) atoms. The summed E-state index contributed by atoms with van der Waals surface area (Å²) < 4.78 is 5.32. The fourth-order valence-corrected chi connectivity index (χ4v) is 8.39. The van der Waals surface area contributed by atoms with Gasteiger partial charge in [-0.1, -0.05) is 13.8 Å². The number of ether oxygens (including phenoxy) is 1. The van der Waals surface area contributed by atoms with Crippen LogP contribution in [0.2, 0.25) is 0 Å². The molecule has 0 aliphatic heterocycles. The summed E-state index contributed by atoms with van der Waals surface area (Å²) in [5, 5.41) is 10.9. The minimum absolute atomic E-state index is 0.400. The van der Waals surface area contributed by atoms with E-state index in [2.05, 4.69) is 13.8 Å². The van der Waals surface area contributed by atoms with E-state index in [0.717, 1.165) is 54.8 Å². The second-order valence-electron chi connectivity index (χ2n) is 10.6. The summed E-state index contributed by atoms with van der Waals surface area (Å²) in [4.78, 5) is 0. The van der Waals surface area contributed by atoms with Crippen LogP contribution in [-0.4, -0.2) is 30.5 Å². The zero-order valence-electron chi connectivity index (χ0n) is 17.3. The van der Waals surface area contributed by atoms with E-state index in [1.54, 1.807) is 7.11 Å². The van der Waals surface area contributed by atoms with Crippen molar-refractivity contribution >= 4 is 0 Å². The van der Waals surface area contributed by atoms with Gasteiger partial charge in [0.2, 0.25) is 0 Å². The van der Waals surface area contributed by atoms with E-state index in [9.17, 15) is 5.11 Å². The van der Waals surface area contributed by atoms with E-state index >= 15 is 0 Å². The van der Waals surface area contributed by atoms with Gasteiger partial charge in [0.15, 0.2) is 0 Å². The summed E-state index contributed by atoms with van der Waals surface area (Å²) in [5.74, 6) is 5.08. The molecular weight excluding hydrogens is 322 g/mol. The highest BCUT2D eigenvalue weighted by Gasteiger charge is 2.58. The smallest absolute Gasteiger partial charge is 0.0882 e. The number of hydrogen-bond donors (Lipinski definition) is 2. The quantitative estimate of drug-likeness (QED) is 0.780. The van der Waals surface area contributed by atoms with Gasteiger partial charge in [0.25, 0.3) is 0 Å². The summed E-state index contributed by atoms with van der Waals surface area (Å²) in [6, 6.07) is 0.400. The van der Waals surface area contributed by atoms with Crippen LogP contribution in [0.3, 0.4) is 0 Å². The lowest BCUT2D eigenvalue weighted by atomic mass is 9.48. The van der Waals surface area contributed by atoms with Crippen LogP contribution >= 0.6 is 0 Å². The Hall–Kier alpha value is -0.120. The molecule has 3 nitrogen and oxygen atoms in total. The molecule has 0 bridgehead atoms. The molecule has 0 heterocycles. The van der Waals surface area contributed by atoms with Crippen molar-refractivity contribution in [2.24, 2.45) is 46.7 Å². The van der Waals surface area contributed by atoms with Crippen LogP contribution < -0.4 is 5.73 Å². The standard InChI is InChI=1S/C23H41NO2/c1-4-21(24)20-8-7-19-18-6-5-15-13-23(25,14-26-3)12-10-16(15)17(18)9-11-22(19,20)2/h15-21,25H,4-14,24H2,1-3H3/t15-,16+,17-,18-,19+,20-,21-,22+,23-/m1/s1. The van der Waals surface area contributed by atoms with Crippen LogP contribution in [-0.2, 0) is 4.74 Å². The first-order valence-electron chi connectivity index (χ1n) is 11.4. The third kappa shape index (κ3) is 2.97. The molecule has 150 valence electrons. The van der Waals surface area contributed by atoms with Crippen molar-refractivity contribution in [3.63, 3.8) is 0 Å². The van der Waals surface area contributed by atoms with Gasteiger partial charge in [-0.25, -0.2) is 0 Å². The van der Waals surface area contributed by atoms with Gasteiger partial charge in [-0.3, -0.25) is 0 Å². The van der Waals surface area contributed by atoms with Crippen molar-refractivity contribution in [3.8, 4) is 0 Å². The minimum Gasteiger partial charge on any atom is -0.387 e. The average molecular weight is 364 g/mol. The average Bonchev–Trinajstić information content (AvgIpc) is 2.98. The van der Waals surface area contributed by atoms with Gasteiger partial charge in [0.05, 0.1) is 12.2 Å². The number of aliphatic hydroxyl groups is 1. The van der Waals surface area contributed by atoms with E-state index in [-0.39, 0.29) is 0 Å². The second-order valence-corrected chi connectivity index (χ2v) is 10.6. The highest BCUT2D eigenvalue weighted by molar-refractivity contribution is 5.08. The molecule has 0 unspecified atom stereocenters. The number of rotatable bonds is 4. The molecule has 3 N–H and O–H groups in total. The Kier molecular flexibility index (Phi) is 5.20. The van der Waals surface area contributed by atoms with Gasteiger partial charge in [-0.2, -0.15) is 0 Å². The summed E-state index contributed by atoms with van der Waals surface area (Å²) in [6.45, 7) is 5.37. The van der Waals surface area contributed by atoms with Crippen LogP contribution in [0, 0.1) is 40.9 Å². The molecule has 0 radical (unpaired) electrons. The van der Waals surface area contributed by atoms with Gasteiger partial charge in [0, 0.05) is 13.2 Å². The van der Waals surface area contributed by atoms with Crippen LogP contribution in [0.1, 0.15) is 78.1 Å². The topological polar surface area (TPSA) is 55.5 Å². The van der Waals surface area contributed by atoms with E-state index in [1.807, 2.05) is 0 Å². The fourth-order valence-electron chi connectivity index (χ4n) is 8.39. The van der Waals surface area contributed by atoms with Crippen molar-refractivity contribution in [2.75, 3.05) is 13.7 Å². The lowest BCUT2D eigenvalue weighted by molar-refractivity contribution is -0.125. The van der Waals surface area contributed by atoms with Crippen molar-refractivity contribution in [1.29, 1.82) is 0 Å². The molecule has 3 heteroatoms. The number of nitrogens with two attached hydrogens (primary N) is 1. The van der Waals surface area contributed by atoms with E-state index in [1.165, 1.54) is 44.9 Å². The van der Waals surface area contributed by atoms with Crippen LogP contribution in [0.15, 0.2) is 0 Å². The second kappa shape index (κ2) is 7.04. The van der Waals surface area contributed by atoms with Crippen LogP contribution in [0.5, 0.6) is 0 Å². The van der Waals surface area contributed by atoms with Gasteiger partial charge < -0.3 is 15.6 Å². The Bertz CT molecular complexity index is 510. The Balaban J connectivity index is 1.49. The Morgan fingerprint density at radius 2 is 1.81 bits per heavy atom. The highest BCUT2D eigenvalue weighted by Crippen LogP contribution is 2.65. The Morgan fingerprint density at radius 1 is 1.04 bits per heavy atom. The summed E-state index contributed by atoms with van der Waals surface area (Å²) in [6.07, 6.45) is 12.6. The largest absolute Gasteiger partial charge is 0.387 e. The lowest BCUT2D eigenvalue weighted by Crippen LogP contribution is -2.53. The molecule has 4 aliphatic rings. The van der Waals surface area contributed by atoms with Crippen molar-refractivity contribution < 1.29 is 9.84 Å². The van der Waals surface area contributed by atoms with Crippen molar-refractivity contribution in [2.45, 2.75) is 89.7 Å².